The molecule has 0 bridgehead atoms. The molecule has 2 aliphatic heterocycles. The third kappa shape index (κ3) is 3.15. The van der Waals surface area contributed by atoms with E-state index in [1.54, 1.807) is 0 Å². The Bertz CT molecular complexity index is 422. The molecule has 0 radical (unpaired) electrons. The minimum absolute atomic E-state index is 0.134. The number of aliphatic carboxylic acids is 1. The predicted molar refractivity (Wildman–Crippen MR) is 78.1 cm³/mol. The Hall–Kier alpha value is -1.30. The van der Waals surface area contributed by atoms with Gasteiger partial charge in [-0.25, -0.2) is 4.79 Å². The summed E-state index contributed by atoms with van der Waals surface area (Å²) in [4.78, 5) is 25.5. The van der Waals surface area contributed by atoms with Crippen molar-refractivity contribution >= 4 is 12.0 Å². The summed E-state index contributed by atoms with van der Waals surface area (Å²) in [5, 5.41) is 15.0. The maximum Gasteiger partial charge on any atom is 0.315 e. The Morgan fingerprint density at radius 1 is 1.19 bits per heavy atom. The highest BCUT2D eigenvalue weighted by atomic mass is 16.4. The molecular weight excluding hydrogens is 270 g/mol. The lowest BCUT2D eigenvalue weighted by Gasteiger charge is -2.40. The van der Waals surface area contributed by atoms with E-state index in [2.05, 4.69) is 15.5 Å². The molecule has 3 aliphatic rings. The highest BCUT2D eigenvalue weighted by molar-refractivity contribution is 5.74. The van der Waals surface area contributed by atoms with Crippen LogP contribution >= 0.6 is 0 Å². The van der Waals surface area contributed by atoms with Gasteiger partial charge in [-0.3, -0.25) is 9.69 Å². The first-order valence-corrected chi connectivity index (χ1v) is 8.08. The Morgan fingerprint density at radius 3 is 2.67 bits per heavy atom. The van der Waals surface area contributed by atoms with E-state index in [1.165, 1.54) is 12.8 Å². The van der Waals surface area contributed by atoms with Crippen LogP contribution in [0.1, 0.15) is 44.9 Å². The van der Waals surface area contributed by atoms with Gasteiger partial charge in [0.2, 0.25) is 0 Å². The monoisotopic (exact) mass is 295 g/mol. The van der Waals surface area contributed by atoms with E-state index in [-0.39, 0.29) is 23.9 Å². The van der Waals surface area contributed by atoms with Crippen molar-refractivity contribution in [2.45, 2.75) is 57.0 Å². The molecule has 0 aromatic carbocycles. The Kier molecular flexibility index (Phi) is 4.06. The molecule has 118 valence electrons. The largest absolute Gasteiger partial charge is 0.481 e. The summed E-state index contributed by atoms with van der Waals surface area (Å²) in [6.45, 7) is 2.72. The van der Waals surface area contributed by atoms with E-state index in [9.17, 15) is 9.59 Å². The number of nitrogens with zero attached hydrogens (tertiary/aromatic N) is 1. The first kappa shape index (κ1) is 14.6. The van der Waals surface area contributed by atoms with Crippen LogP contribution in [0.25, 0.3) is 0 Å². The number of rotatable bonds is 5. The number of urea groups is 1. The molecule has 3 N–H and O–H groups in total. The molecule has 2 atom stereocenters. The number of fused-ring (bicyclic) bond motifs is 1. The zero-order chi connectivity index (χ0) is 14.9. The zero-order valence-corrected chi connectivity index (χ0v) is 12.4. The predicted octanol–water partition coefficient (Wildman–Crippen LogP) is 1.17. The van der Waals surface area contributed by atoms with Crippen molar-refractivity contribution in [2.24, 2.45) is 5.41 Å². The summed E-state index contributed by atoms with van der Waals surface area (Å²) < 4.78 is 0. The number of hydrogen-bond acceptors (Lipinski definition) is 3. The molecule has 6 heteroatoms. The van der Waals surface area contributed by atoms with Crippen LogP contribution in [-0.2, 0) is 4.79 Å². The van der Waals surface area contributed by atoms with Gasteiger partial charge in [0.15, 0.2) is 0 Å². The smallest absolute Gasteiger partial charge is 0.315 e. The van der Waals surface area contributed by atoms with Crippen LogP contribution in [0.4, 0.5) is 4.79 Å². The summed E-state index contributed by atoms with van der Waals surface area (Å²) >= 11 is 0. The van der Waals surface area contributed by atoms with Crippen molar-refractivity contribution in [3.8, 4) is 0 Å². The average molecular weight is 295 g/mol. The van der Waals surface area contributed by atoms with Crippen LogP contribution in [0.15, 0.2) is 0 Å². The van der Waals surface area contributed by atoms with Crippen LogP contribution in [0.5, 0.6) is 0 Å². The summed E-state index contributed by atoms with van der Waals surface area (Å²) in [5.74, 6) is -0.769. The average Bonchev–Trinajstić information content (AvgIpc) is 2.97. The van der Waals surface area contributed by atoms with Crippen LogP contribution in [0.3, 0.4) is 0 Å². The third-order valence-corrected chi connectivity index (χ3v) is 5.49. The van der Waals surface area contributed by atoms with E-state index in [4.69, 9.17) is 5.11 Å². The summed E-state index contributed by atoms with van der Waals surface area (Å²) in [6, 6.07) is 0.627. The standard InChI is InChI=1S/C15H25N3O3/c19-13(20)9-15(5-2-6-15)10-16-14(21)17-11-4-8-18-7-1-3-12(11)18/h11-12H,1-10H2,(H,19,20)(H2,16,17,21). The van der Waals surface area contributed by atoms with Gasteiger partial charge >= 0.3 is 12.0 Å². The lowest BCUT2D eigenvalue weighted by Crippen LogP contribution is -2.50. The second-order valence-corrected chi connectivity index (χ2v) is 6.89. The maximum atomic E-state index is 12.1. The van der Waals surface area contributed by atoms with Gasteiger partial charge in [-0.2, -0.15) is 0 Å². The van der Waals surface area contributed by atoms with Crippen molar-refractivity contribution in [3.05, 3.63) is 0 Å². The molecule has 0 spiro atoms. The second-order valence-electron chi connectivity index (χ2n) is 6.89. The minimum atomic E-state index is -0.769. The Labute approximate surface area is 125 Å². The summed E-state index contributed by atoms with van der Waals surface area (Å²) in [7, 11) is 0. The zero-order valence-electron chi connectivity index (χ0n) is 12.4. The number of hydrogen-bond donors (Lipinski definition) is 3. The molecule has 21 heavy (non-hydrogen) atoms. The molecule has 2 saturated heterocycles. The van der Waals surface area contributed by atoms with Gasteiger partial charge in [0.05, 0.1) is 6.42 Å². The lowest BCUT2D eigenvalue weighted by atomic mass is 9.66. The number of amides is 2. The molecule has 0 aromatic heterocycles. The normalized spacial score (nSPS) is 30.5. The van der Waals surface area contributed by atoms with Gasteiger partial charge in [0.1, 0.15) is 0 Å². The third-order valence-electron chi connectivity index (χ3n) is 5.49. The molecule has 6 nitrogen and oxygen atoms in total. The second kappa shape index (κ2) is 5.83. The van der Waals surface area contributed by atoms with E-state index in [1.807, 2.05) is 0 Å². The van der Waals surface area contributed by atoms with Crippen LogP contribution < -0.4 is 10.6 Å². The van der Waals surface area contributed by atoms with Crippen LogP contribution in [-0.4, -0.2) is 53.7 Å². The Morgan fingerprint density at radius 2 is 2.00 bits per heavy atom. The first-order valence-electron chi connectivity index (χ1n) is 8.08. The van der Waals surface area contributed by atoms with Gasteiger partial charge in [-0.1, -0.05) is 6.42 Å². The first-order chi connectivity index (χ1) is 10.1. The van der Waals surface area contributed by atoms with Crippen molar-refractivity contribution in [1.29, 1.82) is 0 Å². The number of carbonyl (C=O) groups is 2. The summed E-state index contributed by atoms with van der Waals surface area (Å²) in [6.07, 6.45) is 6.46. The Balaban J connectivity index is 1.45. The molecule has 2 amide bonds. The van der Waals surface area contributed by atoms with Crippen LogP contribution in [0, 0.1) is 5.41 Å². The van der Waals surface area contributed by atoms with E-state index < -0.39 is 5.97 Å². The van der Waals surface area contributed by atoms with Gasteiger partial charge < -0.3 is 15.7 Å². The molecular formula is C15H25N3O3. The topological polar surface area (TPSA) is 81.7 Å². The highest BCUT2D eigenvalue weighted by Gasteiger charge is 2.40. The van der Waals surface area contributed by atoms with Crippen molar-refractivity contribution in [3.63, 3.8) is 0 Å². The summed E-state index contributed by atoms with van der Waals surface area (Å²) in [5.41, 5.74) is -0.210. The lowest BCUT2D eigenvalue weighted by molar-refractivity contribution is -0.141. The van der Waals surface area contributed by atoms with Crippen molar-refractivity contribution in [1.82, 2.24) is 15.5 Å². The quantitative estimate of drug-likeness (QED) is 0.711. The van der Waals surface area contributed by atoms with Crippen LogP contribution in [0.2, 0.25) is 0 Å². The molecule has 0 aromatic rings. The van der Waals surface area contributed by atoms with Gasteiger partial charge in [-0.15, -0.1) is 0 Å². The molecule has 1 saturated carbocycles. The fourth-order valence-corrected chi connectivity index (χ4v) is 4.15. The van der Waals surface area contributed by atoms with Crippen molar-refractivity contribution in [2.75, 3.05) is 19.6 Å². The molecule has 2 unspecified atom stereocenters. The molecule has 2 heterocycles. The number of nitrogens with one attached hydrogen (secondary N) is 2. The maximum absolute atomic E-state index is 12.1. The van der Waals surface area contributed by atoms with E-state index in [0.29, 0.717) is 12.6 Å². The highest BCUT2D eigenvalue weighted by Crippen LogP contribution is 2.43. The molecule has 3 rings (SSSR count). The van der Waals surface area contributed by atoms with Crippen molar-refractivity contribution < 1.29 is 14.7 Å². The fourth-order valence-electron chi connectivity index (χ4n) is 4.15. The number of carboxylic acid groups (broad SMARTS) is 1. The molecule has 1 aliphatic carbocycles. The van der Waals surface area contributed by atoms with E-state index in [0.717, 1.165) is 38.8 Å². The minimum Gasteiger partial charge on any atom is -0.481 e. The number of carbonyl (C=O) groups excluding carboxylic acids is 1. The van der Waals surface area contributed by atoms with Gasteiger partial charge in [0.25, 0.3) is 0 Å². The SMILES string of the molecule is O=C(O)CC1(CNC(=O)NC2CCN3CCCC23)CCC1. The van der Waals surface area contributed by atoms with Gasteiger partial charge in [0, 0.05) is 25.2 Å². The van der Waals surface area contributed by atoms with Gasteiger partial charge in [-0.05, 0) is 44.1 Å². The number of carboxylic acids is 1. The van der Waals surface area contributed by atoms with E-state index >= 15 is 0 Å². The molecule has 3 fully saturated rings. The fraction of sp³-hybridized carbons (Fsp3) is 0.867.